The number of hydrogen-bond acceptors (Lipinski definition) is 4. The summed E-state index contributed by atoms with van der Waals surface area (Å²) in [6.07, 6.45) is -0.888. The maximum absolute atomic E-state index is 16.0. The van der Waals surface area contributed by atoms with E-state index in [9.17, 15) is 20.0 Å². The zero-order chi connectivity index (χ0) is 30.3. The first-order chi connectivity index (χ1) is 20.6. The van der Waals surface area contributed by atoms with Gasteiger partial charge in [0, 0.05) is 43.6 Å². The summed E-state index contributed by atoms with van der Waals surface area (Å²) in [5.41, 5.74) is 3.90. The molecule has 0 fully saturated rings. The molecule has 3 N–H and O–H groups in total. The van der Waals surface area contributed by atoms with E-state index in [1.807, 2.05) is 54.6 Å². The number of anilines is 1. The van der Waals surface area contributed by atoms with Crippen LogP contribution in [-0.2, 0) is 11.3 Å². The number of H-pyrrole nitrogens is 1. The third-order valence-corrected chi connectivity index (χ3v) is 9.06. The second-order valence-electron chi connectivity index (χ2n) is 11.5. The number of nitrogens with zero attached hydrogens (tertiary/aromatic N) is 2. The Labute approximate surface area is 252 Å². The van der Waals surface area contributed by atoms with Gasteiger partial charge in [0.2, 0.25) is 5.91 Å². The highest BCUT2D eigenvalue weighted by Gasteiger charge is 2.36. The molecule has 1 aromatic heterocycles. The molecule has 1 aliphatic heterocycles. The van der Waals surface area contributed by atoms with Crippen molar-refractivity contribution in [3.63, 3.8) is 0 Å². The molecule has 6 rings (SSSR count). The molecule has 2 amide bonds. The number of aromatic amines is 1. The quantitative estimate of drug-likeness (QED) is 0.187. The Kier molecular flexibility index (Phi) is 7.32. The molecule has 43 heavy (non-hydrogen) atoms. The Balaban J connectivity index is 1.47. The number of para-hydroxylation sites is 2. The van der Waals surface area contributed by atoms with Gasteiger partial charge in [-0.05, 0) is 56.2 Å². The number of thioether (sulfide) groups is 1. The number of halogens is 1. The highest BCUT2D eigenvalue weighted by Crippen LogP contribution is 2.43. The molecular weight excluding hydrogens is 563 g/mol. The first kappa shape index (κ1) is 28.3. The summed E-state index contributed by atoms with van der Waals surface area (Å²) in [6.45, 7) is 3.71. The minimum atomic E-state index is -1.16. The lowest BCUT2D eigenvalue weighted by Gasteiger charge is -2.31. The van der Waals surface area contributed by atoms with Crippen LogP contribution in [0.2, 0.25) is 0 Å². The van der Waals surface area contributed by atoms with Gasteiger partial charge in [-0.1, -0.05) is 48.5 Å². The van der Waals surface area contributed by atoms with Gasteiger partial charge >= 0.3 is 6.09 Å². The third kappa shape index (κ3) is 5.54. The van der Waals surface area contributed by atoms with Gasteiger partial charge in [-0.15, -0.1) is 11.8 Å². The predicted octanol–water partition coefficient (Wildman–Crippen LogP) is 7.69. The zero-order valence-electron chi connectivity index (χ0n) is 23.6. The number of hydrogen-bond donors (Lipinski definition) is 3. The van der Waals surface area contributed by atoms with Gasteiger partial charge in [-0.3, -0.25) is 4.79 Å². The highest BCUT2D eigenvalue weighted by atomic mass is 32.2. The van der Waals surface area contributed by atoms with Crippen molar-refractivity contribution >= 4 is 51.3 Å². The molecule has 1 aliphatic rings. The Bertz CT molecular complexity index is 1930. The maximum atomic E-state index is 16.0. The van der Waals surface area contributed by atoms with E-state index in [4.69, 9.17) is 0 Å². The molecule has 1 atom stereocenters. The minimum absolute atomic E-state index is 0.169. The van der Waals surface area contributed by atoms with Gasteiger partial charge in [-0.25, -0.2) is 9.18 Å². The molecule has 0 spiro atoms. The number of aromatic nitrogens is 1. The lowest BCUT2D eigenvalue weighted by molar-refractivity contribution is -0.122. The Hall–Kier alpha value is -4.81. The molecule has 216 valence electrons. The van der Waals surface area contributed by atoms with Crippen LogP contribution in [0.1, 0.15) is 31.4 Å². The lowest BCUT2D eigenvalue weighted by Crippen LogP contribution is -2.47. The van der Waals surface area contributed by atoms with E-state index >= 15 is 4.39 Å². The van der Waals surface area contributed by atoms with E-state index in [2.05, 4.69) is 16.4 Å². The number of nitrogens with one attached hydrogen (secondary N) is 2. The fraction of sp³-hybridized carbons (Fsp3) is 0.206. The summed E-state index contributed by atoms with van der Waals surface area (Å²) in [5, 5.41) is 23.1. The third-order valence-electron chi connectivity index (χ3n) is 7.85. The predicted molar refractivity (Wildman–Crippen MR) is 168 cm³/mol. The molecule has 0 unspecified atom stereocenters. The minimum Gasteiger partial charge on any atom is -0.465 e. The lowest BCUT2D eigenvalue weighted by atomic mass is 9.90. The molecule has 7 nitrogen and oxygen atoms in total. The summed E-state index contributed by atoms with van der Waals surface area (Å²) in [4.78, 5) is 31.4. The van der Waals surface area contributed by atoms with Crippen LogP contribution in [-0.4, -0.2) is 33.4 Å². The molecular formula is C34H29FN4O3S. The number of rotatable bonds is 6. The van der Waals surface area contributed by atoms with Crippen molar-refractivity contribution in [2.45, 2.75) is 37.2 Å². The number of carboxylic acid groups (broad SMARTS) is 1. The molecule has 0 saturated carbocycles. The molecule has 4 aromatic carbocycles. The average Bonchev–Trinajstić information content (AvgIpc) is 3.31. The van der Waals surface area contributed by atoms with Gasteiger partial charge in [0.1, 0.15) is 5.82 Å². The van der Waals surface area contributed by atoms with Crippen molar-refractivity contribution in [3.8, 4) is 17.2 Å². The van der Waals surface area contributed by atoms with Crippen molar-refractivity contribution in [3.05, 3.63) is 95.8 Å². The molecule has 5 aromatic rings. The molecule has 0 bridgehead atoms. The van der Waals surface area contributed by atoms with Crippen LogP contribution >= 0.6 is 11.8 Å². The smallest absolute Gasteiger partial charge is 0.405 e. The Morgan fingerprint density at radius 3 is 2.58 bits per heavy atom. The van der Waals surface area contributed by atoms with E-state index in [1.54, 1.807) is 36.9 Å². The number of benzene rings is 4. The van der Waals surface area contributed by atoms with Crippen LogP contribution in [0.15, 0.2) is 83.8 Å². The van der Waals surface area contributed by atoms with E-state index in [0.717, 1.165) is 27.4 Å². The molecule has 9 heteroatoms. The van der Waals surface area contributed by atoms with Crippen molar-refractivity contribution in [1.82, 2.24) is 10.3 Å². The number of carbonyl (C=O) groups is 2. The molecule has 0 radical (unpaired) electrons. The van der Waals surface area contributed by atoms with E-state index in [1.165, 1.54) is 17.8 Å². The second-order valence-corrected chi connectivity index (χ2v) is 12.5. The van der Waals surface area contributed by atoms with Crippen molar-refractivity contribution in [2.24, 2.45) is 5.92 Å². The largest absolute Gasteiger partial charge is 0.465 e. The fourth-order valence-electron chi connectivity index (χ4n) is 5.91. The Morgan fingerprint density at radius 2 is 1.84 bits per heavy atom. The summed E-state index contributed by atoms with van der Waals surface area (Å²) in [6, 6.07) is 26.1. The van der Waals surface area contributed by atoms with Gasteiger partial charge in [0.05, 0.1) is 35.3 Å². The standard InChI is InChI=1S/C34H29FN4O3S/c1-34(2,38-33(41)42)16-22-19-43-30-15-27(35)26(25-8-5-7-24-23-6-3-4-9-28(23)37-31(24)25)14-29(30)39(32(22)40)18-21-12-10-20(17-36)11-13-21/h3-15,22,37-38H,16,18-19H2,1-2H3,(H,41,42)/t22-/m0/s1. The van der Waals surface area contributed by atoms with Crippen molar-refractivity contribution in [1.29, 1.82) is 5.26 Å². The Morgan fingerprint density at radius 1 is 1.09 bits per heavy atom. The number of carbonyl (C=O) groups excluding carboxylic acids is 1. The topological polar surface area (TPSA) is 109 Å². The van der Waals surface area contributed by atoms with Gasteiger partial charge < -0.3 is 20.3 Å². The summed E-state index contributed by atoms with van der Waals surface area (Å²) in [7, 11) is 0. The number of nitriles is 1. The van der Waals surface area contributed by atoms with Crippen LogP contribution in [0.4, 0.5) is 14.9 Å². The first-order valence-electron chi connectivity index (χ1n) is 13.9. The monoisotopic (exact) mass is 592 g/mol. The molecule has 2 heterocycles. The van der Waals surface area contributed by atoms with Gasteiger partial charge in [0.15, 0.2) is 0 Å². The summed E-state index contributed by atoms with van der Waals surface area (Å²) in [5.74, 6) is -0.718. The van der Waals surface area contributed by atoms with Gasteiger partial charge in [0.25, 0.3) is 0 Å². The van der Waals surface area contributed by atoms with Crippen LogP contribution < -0.4 is 10.2 Å². The fourth-order valence-corrected chi connectivity index (χ4v) is 7.05. The highest BCUT2D eigenvalue weighted by molar-refractivity contribution is 7.99. The van der Waals surface area contributed by atoms with Crippen molar-refractivity contribution < 1.29 is 19.1 Å². The van der Waals surface area contributed by atoms with Crippen LogP contribution in [0.25, 0.3) is 32.9 Å². The SMILES string of the molecule is CC(C)(C[C@H]1CSc2cc(F)c(-c3cccc4c3[nH]c3ccccc34)cc2N(Cc2ccc(C#N)cc2)C1=O)NC(=O)O. The van der Waals surface area contributed by atoms with E-state index < -0.39 is 23.4 Å². The molecule has 0 saturated heterocycles. The normalized spacial score (nSPS) is 15.3. The second kappa shape index (κ2) is 11.1. The van der Waals surface area contributed by atoms with Gasteiger partial charge in [-0.2, -0.15) is 5.26 Å². The molecule has 0 aliphatic carbocycles. The van der Waals surface area contributed by atoms with Crippen LogP contribution in [0.5, 0.6) is 0 Å². The van der Waals surface area contributed by atoms with E-state index in [-0.39, 0.29) is 18.9 Å². The summed E-state index contributed by atoms with van der Waals surface area (Å²) < 4.78 is 16.0. The van der Waals surface area contributed by atoms with Crippen LogP contribution in [0.3, 0.4) is 0 Å². The zero-order valence-corrected chi connectivity index (χ0v) is 24.5. The average molecular weight is 593 g/mol. The first-order valence-corrected chi connectivity index (χ1v) is 14.9. The van der Waals surface area contributed by atoms with E-state index in [0.29, 0.717) is 33.0 Å². The van der Waals surface area contributed by atoms with Crippen LogP contribution in [0, 0.1) is 23.1 Å². The summed E-state index contributed by atoms with van der Waals surface area (Å²) >= 11 is 1.40. The maximum Gasteiger partial charge on any atom is 0.405 e. The number of fused-ring (bicyclic) bond motifs is 4. The van der Waals surface area contributed by atoms with Crippen molar-refractivity contribution in [2.75, 3.05) is 10.7 Å². The number of amides is 2.